The normalized spacial score (nSPS) is 20.3. The molecule has 6 aromatic rings. The molecule has 2 atom stereocenters. The number of para-hydroxylation sites is 2. The van der Waals surface area contributed by atoms with Crippen LogP contribution >= 0.6 is 11.8 Å². The smallest absolute Gasteiger partial charge is 0.147 e. The Hall–Kier alpha value is -4.80. The van der Waals surface area contributed by atoms with E-state index < -0.39 is 0 Å². The second-order valence-corrected chi connectivity index (χ2v) is 13.7. The first-order valence-corrected chi connectivity index (χ1v) is 16.1. The maximum atomic E-state index is 5.35. The molecule has 0 saturated carbocycles. The number of benzene rings is 5. The predicted molar refractivity (Wildman–Crippen MR) is 186 cm³/mol. The maximum absolute atomic E-state index is 5.35. The fraction of sp³-hybridized carbons (Fsp3) is 0.125. The van der Waals surface area contributed by atoms with Crippen LogP contribution in [-0.4, -0.2) is 22.1 Å². The molecule has 212 valence electrons. The van der Waals surface area contributed by atoms with Crippen LogP contribution in [0.2, 0.25) is 0 Å². The van der Waals surface area contributed by atoms with Gasteiger partial charge in [-0.25, -0.2) is 0 Å². The molecular formula is C40H31N3S. The number of anilines is 1. The molecule has 1 aliphatic carbocycles. The van der Waals surface area contributed by atoms with E-state index >= 15 is 0 Å². The van der Waals surface area contributed by atoms with E-state index in [0.717, 1.165) is 17.7 Å². The molecule has 44 heavy (non-hydrogen) atoms. The van der Waals surface area contributed by atoms with Gasteiger partial charge in [0, 0.05) is 50.0 Å². The van der Waals surface area contributed by atoms with Crippen LogP contribution in [0.5, 0.6) is 0 Å². The van der Waals surface area contributed by atoms with Gasteiger partial charge < -0.3 is 9.47 Å². The Balaban J connectivity index is 1.20. The first kappa shape index (κ1) is 25.7. The quantitative estimate of drug-likeness (QED) is 0.206. The van der Waals surface area contributed by atoms with Crippen molar-refractivity contribution in [1.82, 2.24) is 4.57 Å². The van der Waals surface area contributed by atoms with Crippen LogP contribution in [-0.2, 0) is 0 Å². The summed E-state index contributed by atoms with van der Waals surface area (Å²) in [6.45, 7) is 2.39. The number of hydrogen-bond acceptors (Lipinski definition) is 3. The molecule has 2 aliphatic heterocycles. The average Bonchev–Trinajstić information content (AvgIpc) is 3.57. The first-order chi connectivity index (χ1) is 21.6. The van der Waals surface area contributed by atoms with Gasteiger partial charge in [0.2, 0.25) is 0 Å². The molecule has 3 nitrogen and oxygen atoms in total. The molecule has 0 saturated heterocycles. The van der Waals surface area contributed by atoms with E-state index in [9.17, 15) is 0 Å². The fourth-order valence-corrected chi connectivity index (χ4v) is 8.87. The van der Waals surface area contributed by atoms with Crippen molar-refractivity contribution in [2.75, 3.05) is 11.9 Å². The third kappa shape index (κ3) is 3.67. The lowest BCUT2D eigenvalue weighted by atomic mass is 9.87. The van der Waals surface area contributed by atoms with E-state index in [1.54, 1.807) is 0 Å². The third-order valence-electron chi connectivity index (χ3n) is 9.54. The summed E-state index contributed by atoms with van der Waals surface area (Å²) in [5.74, 6) is 0. The minimum absolute atomic E-state index is 0.0762. The van der Waals surface area contributed by atoms with E-state index in [-0.39, 0.29) is 10.9 Å². The highest BCUT2D eigenvalue weighted by Crippen LogP contribution is 2.58. The molecule has 9 rings (SSSR count). The summed E-state index contributed by atoms with van der Waals surface area (Å²) < 4.78 is 2.56. The number of aromatic nitrogens is 1. The van der Waals surface area contributed by atoms with Gasteiger partial charge in [0.25, 0.3) is 0 Å². The number of nitrogens with zero attached hydrogens (tertiary/aromatic N) is 3. The molecule has 5 aromatic carbocycles. The molecule has 0 fully saturated rings. The summed E-state index contributed by atoms with van der Waals surface area (Å²) in [5, 5.41) is 2.61. The Morgan fingerprint density at radius 3 is 2.41 bits per heavy atom. The van der Waals surface area contributed by atoms with Gasteiger partial charge in [-0.2, -0.15) is 0 Å². The van der Waals surface area contributed by atoms with Crippen LogP contribution in [0.4, 0.5) is 5.69 Å². The van der Waals surface area contributed by atoms with Gasteiger partial charge in [-0.1, -0.05) is 109 Å². The van der Waals surface area contributed by atoms with Gasteiger partial charge in [-0.15, -0.1) is 11.8 Å². The lowest BCUT2D eigenvalue weighted by Gasteiger charge is -2.34. The van der Waals surface area contributed by atoms with E-state index in [1.807, 2.05) is 11.8 Å². The van der Waals surface area contributed by atoms with E-state index in [0.29, 0.717) is 0 Å². The second kappa shape index (κ2) is 9.60. The number of aliphatic imine (C=N–C) groups is 1. The molecule has 0 bridgehead atoms. The third-order valence-corrected chi connectivity index (χ3v) is 11.0. The first-order valence-electron chi connectivity index (χ1n) is 15.3. The topological polar surface area (TPSA) is 20.5 Å². The van der Waals surface area contributed by atoms with Crippen molar-refractivity contribution in [2.45, 2.75) is 29.2 Å². The molecule has 3 heterocycles. The highest BCUT2D eigenvalue weighted by Gasteiger charge is 2.40. The van der Waals surface area contributed by atoms with E-state index in [2.05, 4.69) is 157 Å². The molecule has 3 aliphatic rings. The van der Waals surface area contributed by atoms with Crippen LogP contribution in [0, 0.1) is 0 Å². The zero-order valence-corrected chi connectivity index (χ0v) is 25.6. The number of hydrogen-bond donors (Lipinski definition) is 0. The van der Waals surface area contributed by atoms with Crippen molar-refractivity contribution >= 4 is 50.5 Å². The van der Waals surface area contributed by atoms with Crippen LogP contribution in [0.15, 0.2) is 143 Å². The summed E-state index contributed by atoms with van der Waals surface area (Å²) in [6.07, 6.45) is 7.78. The van der Waals surface area contributed by atoms with Crippen molar-refractivity contribution in [3.05, 3.63) is 156 Å². The van der Waals surface area contributed by atoms with Crippen molar-refractivity contribution in [3.63, 3.8) is 0 Å². The monoisotopic (exact) mass is 585 g/mol. The molecule has 1 aromatic heterocycles. The van der Waals surface area contributed by atoms with Gasteiger partial charge in [0.05, 0.1) is 16.7 Å². The molecule has 0 N–H and O–H groups in total. The number of allylic oxidation sites excluding steroid dienone is 3. The van der Waals surface area contributed by atoms with Crippen molar-refractivity contribution in [3.8, 4) is 5.69 Å². The maximum Gasteiger partial charge on any atom is 0.147 e. The SMILES string of the molecule is CN1c2ccccc2C(c2ccccc2)=NC1c1ccc(-n2c3ccccc3c3ccc4c(c32)SC2(C)CC=CC=C42)cc1. The van der Waals surface area contributed by atoms with E-state index in [4.69, 9.17) is 4.99 Å². The van der Waals surface area contributed by atoms with Crippen LogP contribution in [0.1, 0.15) is 41.8 Å². The summed E-state index contributed by atoms with van der Waals surface area (Å²) in [6, 6.07) is 41.7. The Labute approximate surface area is 261 Å². The van der Waals surface area contributed by atoms with Crippen LogP contribution in [0.3, 0.4) is 0 Å². The van der Waals surface area contributed by atoms with Gasteiger partial charge in [-0.05, 0) is 54.3 Å². The van der Waals surface area contributed by atoms with Crippen LogP contribution < -0.4 is 4.90 Å². The Kier molecular flexibility index (Phi) is 5.60. The zero-order valence-electron chi connectivity index (χ0n) is 24.7. The van der Waals surface area contributed by atoms with Gasteiger partial charge in [0.1, 0.15) is 6.17 Å². The lowest BCUT2D eigenvalue weighted by Crippen LogP contribution is -2.30. The largest absolute Gasteiger partial charge is 0.349 e. The minimum atomic E-state index is -0.116. The summed E-state index contributed by atoms with van der Waals surface area (Å²) >= 11 is 2.03. The van der Waals surface area contributed by atoms with Crippen molar-refractivity contribution in [1.29, 1.82) is 0 Å². The molecule has 0 amide bonds. The second-order valence-electron chi connectivity index (χ2n) is 12.2. The Morgan fingerprint density at radius 2 is 1.55 bits per heavy atom. The molecular weight excluding hydrogens is 555 g/mol. The Morgan fingerprint density at radius 1 is 0.773 bits per heavy atom. The predicted octanol–water partition coefficient (Wildman–Crippen LogP) is 9.98. The zero-order chi connectivity index (χ0) is 29.4. The van der Waals surface area contributed by atoms with Gasteiger partial charge in [0.15, 0.2) is 0 Å². The summed E-state index contributed by atoms with van der Waals surface area (Å²) in [7, 11) is 2.15. The number of rotatable bonds is 3. The minimum Gasteiger partial charge on any atom is -0.349 e. The highest BCUT2D eigenvalue weighted by atomic mass is 32.2. The fourth-order valence-electron chi connectivity index (χ4n) is 7.36. The lowest BCUT2D eigenvalue weighted by molar-refractivity contribution is 0.698. The van der Waals surface area contributed by atoms with Crippen molar-refractivity contribution in [2.24, 2.45) is 4.99 Å². The van der Waals surface area contributed by atoms with Crippen molar-refractivity contribution < 1.29 is 0 Å². The standard InChI is InChI=1S/C40H31N3S/c1-40-25-11-10-16-33(40)31-24-23-30-29-14-6-9-18-35(29)43(37(30)38(31)44-40)28-21-19-27(20-22-28)39-41-36(26-12-4-3-5-13-26)32-15-7-8-17-34(32)42(39)2/h3-24,39H,25H2,1-2H3. The molecule has 4 heteroatoms. The van der Waals surface area contributed by atoms with Gasteiger partial charge in [-0.3, -0.25) is 4.99 Å². The molecule has 2 unspecified atom stereocenters. The average molecular weight is 586 g/mol. The number of thioether (sulfide) groups is 1. The number of fused-ring (bicyclic) bond motifs is 8. The highest BCUT2D eigenvalue weighted by molar-refractivity contribution is 8.01. The van der Waals surface area contributed by atoms with Gasteiger partial charge >= 0.3 is 0 Å². The van der Waals surface area contributed by atoms with Crippen LogP contribution in [0.25, 0.3) is 33.1 Å². The molecule has 0 radical (unpaired) electrons. The summed E-state index contributed by atoms with van der Waals surface area (Å²) in [5.41, 5.74) is 12.3. The van der Waals surface area contributed by atoms with E-state index in [1.165, 1.54) is 60.3 Å². The summed E-state index contributed by atoms with van der Waals surface area (Å²) in [4.78, 5) is 9.04. The molecule has 0 spiro atoms. The Bertz CT molecular complexity index is 2200.